The van der Waals surface area contributed by atoms with Gasteiger partial charge in [0.05, 0.1) is 29.5 Å². The smallest absolute Gasteiger partial charge is 0.203 e. The lowest BCUT2D eigenvalue weighted by molar-refractivity contribution is -0.114. The molecule has 0 spiro atoms. The third-order valence-electron chi connectivity index (χ3n) is 4.91. The van der Waals surface area contributed by atoms with Crippen molar-refractivity contribution in [3.8, 4) is 11.5 Å². The number of aromatic nitrogens is 2. The fourth-order valence-electron chi connectivity index (χ4n) is 3.32. The van der Waals surface area contributed by atoms with E-state index in [1.807, 2.05) is 0 Å². The van der Waals surface area contributed by atoms with Gasteiger partial charge in [-0.15, -0.1) is 0 Å². The molecule has 2 heterocycles. The lowest BCUT2D eigenvalue weighted by Gasteiger charge is -2.23. The second-order valence-corrected chi connectivity index (χ2v) is 7.35. The quantitative estimate of drug-likeness (QED) is 0.699. The second-order valence-electron chi connectivity index (χ2n) is 6.95. The lowest BCUT2D eigenvalue weighted by atomic mass is 10.1. The number of nitrogens with one attached hydrogen (secondary N) is 1. The minimum Gasteiger partial charge on any atom is -0.493 e. The molecule has 0 saturated carbocycles. The lowest BCUT2D eigenvalue weighted by Crippen LogP contribution is -2.25. The minimum absolute atomic E-state index is 0.0587. The number of benzene rings is 1. The standard InChI is InChI=1S/C21H20ClN3O5/c1-28-19-6-13-15(9-20(19)30-10-12-4-2-3-5-29-12)23-11-24-21(13)25-16-8-17(26)14(22)7-18(16)27/h6-9,11-12H,2-5,10H2,1H3,(H,23,24,25). The van der Waals surface area contributed by atoms with Crippen molar-refractivity contribution in [2.45, 2.75) is 25.4 Å². The van der Waals surface area contributed by atoms with Gasteiger partial charge in [0.15, 0.2) is 17.3 Å². The third kappa shape index (κ3) is 4.29. The zero-order chi connectivity index (χ0) is 21.1. The monoisotopic (exact) mass is 429 g/mol. The number of methoxy groups -OCH3 is 1. The summed E-state index contributed by atoms with van der Waals surface area (Å²) in [4.78, 5) is 32.5. The van der Waals surface area contributed by atoms with Crippen LogP contribution in [-0.2, 0) is 14.3 Å². The molecule has 30 heavy (non-hydrogen) atoms. The van der Waals surface area contributed by atoms with Crippen LogP contribution >= 0.6 is 11.6 Å². The fraction of sp³-hybridized carbons (Fsp3) is 0.333. The molecule has 1 N–H and O–H groups in total. The molecule has 9 heteroatoms. The Hall–Kier alpha value is -2.97. The summed E-state index contributed by atoms with van der Waals surface area (Å²) < 4.78 is 17.1. The van der Waals surface area contributed by atoms with Crippen LogP contribution in [0.1, 0.15) is 19.3 Å². The Kier molecular flexibility index (Phi) is 5.96. The van der Waals surface area contributed by atoms with Crippen molar-refractivity contribution in [2.24, 2.45) is 0 Å². The van der Waals surface area contributed by atoms with E-state index in [2.05, 4.69) is 15.3 Å². The van der Waals surface area contributed by atoms with Gasteiger partial charge in [0, 0.05) is 30.2 Å². The van der Waals surface area contributed by atoms with E-state index in [0.717, 1.165) is 38.0 Å². The summed E-state index contributed by atoms with van der Waals surface area (Å²) in [7, 11) is 1.54. The SMILES string of the molecule is COc1cc2c(NC3=CC(=O)C(Cl)=CC3=O)ncnc2cc1OCC1CCCCO1. The number of rotatable bonds is 6. The highest BCUT2D eigenvalue weighted by Crippen LogP contribution is 2.35. The van der Waals surface area contributed by atoms with Crippen molar-refractivity contribution in [2.75, 3.05) is 25.6 Å². The van der Waals surface area contributed by atoms with Crippen molar-refractivity contribution in [3.05, 3.63) is 41.3 Å². The molecule has 1 atom stereocenters. The topological polar surface area (TPSA) is 99.6 Å². The number of allylic oxidation sites excluding steroid dienone is 3. The van der Waals surface area contributed by atoms with Crippen LogP contribution in [0.4, 0.5) is 5.82 Å². The molecular weight excluding hydrogens is 410 g/mol. The maximum Gasteiger partial charge on any atom is 0.203 e. The number of carbonyl (C=O) groups excluding carboxylic acids is 2. The maximum atomic E-state index is 12.2. The molecule has 4 rings (SSSR count). The Labute approximate surface area is 177 Å². The molecule has 0 bridgehead atoms. The van der Waals surface area contributed by atoms with Gasteiger partial charge in [-0.1, -0.05) is 11.6 Å². The molecule has 2 aromatic rings. The highest BCUT2D eigenvalue weighted by molar-refractivity contribution is 6.47. The summed E-state index contributed by atoms with van der Waals surface area (Å²) in [6.45, 7) is 1.18. The van der Waals surface area contributed by atoms with Crippen LogP contribution < -0.4 is 14.8 Å². The van der Waals surface area contributed by atoms with E-state index < -0.39 is 11.6 Å². The molecule has 0 amide bonds. The van der Waals surface area contributed by atoms with Crippen molar-refractivity contribution >= 4 is 39.9 Å². The van der Waals surface area contributed by atoms with Gasteiger partial charge in [0.1, 0.15) is 18.8 Å². The molecule has 1 aromatic heterocycles. The van der Waals surface area contributed by atoms with E-state index in [9.17, 15) is 9.59 Å². The summed E-state index contributed by atoms with van der Waals surface area (Å²) in [6.07, 6.45) is 6.82. The van der Waals surface area contributed by atoms with Gasteiger partial charge in [-0.2, -0.15) is 0 Å². The number of hydrogen-bond donors (Lipinski definition) is 1. The predicted molar refractivity (Wildman–Crippen MR) is 111 cm³/mol. The molecule has 0 radical (unpaired) electrons. The number of halogens is 1. The van der Waals surface area contributed by atoms with E-state index in [0.29, 0.717) is 34.8 Å². The molecule has 2 aliphatic rings. The van der Waals surface area contributed by atoms with Crippen LogP contribution in [0.3, 0.4) is 0 Å². The van der Waals surface area contributed by atoms with Crippen LogP contribution in [0.5, 0.6) is 11.5 Å². The second kappa shape index (κ2) is 8.81. The van der Waals surface area contributed by atoms with E-state index in [4.69, 9.17) is 25.8 Å². The normalized spacial score (nSPS) is 19.3. The molecule has 1 unspecified atom stereocenters. The summed E-state index contributed by atoms with van der Waals surface area (Å²) in [5, 5.41) is 3.39. The fourth-order valence-corrected chi connectivity index (χ4v) is 3.47. The molecular formula is C21H20ClN3O5. The predicted octanol–water partition coefficient (Wildman–Crippen LogP) is 3.16. The van der Waals surface area contributed by atoms with Crippen LogP contribution in [-0.4, -0.2) is 48.0 Å². The van der Waals surface area contributed by atoms with Gasteiger partial charge in [-0.3, -0.25) is 9.59 Å². The van der Waals surface area contributed by atoms with E-state index >= 15 is 0 Å². The van der Waals surface area contributed by atoms with Crippen molar-refractivity contribution < 1.29 is 23.8 Å². The first-order valence-corrected chi connectivity index (χ1v) is 9.94. The van der Waals surface area contributed by atoms with Crippen LogP contribution in [0.25, 0.3) is 10.9 Å². The summed E-state index contributed by atoms with van der Waals surface area (Å²) in [5.41, 5.74) is 0.676. The van der Waals surface area contributed by atoms with Crippen LogP contribution in [0, 0.1) is 0 Å². The van der Waals surface area contributed by atoms with Crippen molar-refractivity contribution in [1.82, 2.24) is 9.97 Å². The number of anilines is 1. The van der Waals surface area contributed by atoms with E-state index in [1.165, 1.54) is 6.33 Å². The zero-order valence-corrected chi connectivity index (χ0v) is 17.1. The number of nitrogens with zero attached hydrogens (tertiary/aromatic N) is 2. The van der Waals surface area contributed by atoms with Crippen LogP contribution in [0.15, 0.2) is 41.3 Å². The molecule has 8 nitrogen and oxygen atoms in total. The molecule has 1 saturated heterocycles. The third-order valence-corrected chi connectivity index (χ3v) is 5.20. The average molecular weight is 430 g/mol. The Morgan fingerprint density at radius 3 is 2.80 bits per heavy atom. The Morgan fingerprint density at radius 1 is 1.17 bits per heavy atom. The largest absolute Gasteiger partial charge is 0.493 e. The van der Waals surface area contributed by atoms with Gasteiger partial charge in [-0.25, -0.2) is 9.97 Å². The number of hydrogen-bond acceptors (Lipinski definition) is 8. The first kappa shape index (κ1) is 20.3. The van der Waals surface area contributed by atoms with Gasteiger partial charge < -0.3 is 19.5 Å². The number of ketones is 2. The Bertz CT molecular complexity index is 1060. The molecule has 1 aliphatic heterocycles. The first-order valence-electron chi connectivity index (χ1n) is 9.57. The van der Waals surface area contributed by atoms with Gasteiger partial charge in [0.25, 0.3) is 0 Å². The molecule has 1 fully saturated rings. The van der Waals surface area contributed by atoms with Gasteiger partial charge in [0.2, 0.25) is 5.78 Å². The summed E-state index contributed by atoms with van der Waals surface area (Å²) in [5.74, 6) is 0.543. The number of carbonyl (C=O) groups is 2. The molecule has 1 aliphatic carbocycles. The molecule has 1 aromatic carbocycles. The highest BCUT2D eigenvalue weighted by Gasteiger charge is 2.21. The summed E-state index contributed by atoms with van der Waals surface area (Å²) >= 11 is 5.72. The maximum absolute atomic E-state index is 12.2. The summed E-state index contributed by atoms with van der Waals surface area (Å²) in [6, 6.07) is 3.48. The van der Waals surface area contributed by atoms with Crippen molar-refractivity contribution in [1.29, 1.82) is 0 Å². The number of ether oxygens (including phenoxy) is 3. The van der Waals surface area contributed by atoms with E-state index in [-0.39, 0.29) is 16.8 Å². The molecule has 156 valence electrons. The number of fused-ring (bicyclic) bond motifs is 1. The Balaban J connectivity index is 1.60. The highest BCUT2D eigenvalue weighted by atomic mass is 35.5. The Morgan fingerprint density at radius 2 is 2.03 bits per heavy atom. The van der Waals surface area contributed by atoms with Gasteiger partial charge in [-0.05, 0) is 25.3 Å². The van der Waals surface area contributed by atoms with E-state index in [1.54, 1.807) is 19.2 Å². The first-order chi connectivity index (χ1) is 14.5. The zero-order valence-electron chi connectivity index (χ0n) is 16.3. The van der Waals surface area contributed by atoms with Crippen molar-refractivity contribution in [3.63, 3.8) is 0 Å². The minimum atomic E-state index is -0.449. The average Bonchev–Trinajstić information content (AvgIpc) is 2.76. The van der Waals surface area contributed by atoms with Crippen LogP contribution in [0.2, 0.25) is 0 Å². The van der Waals surface area contributed by atoms with Gasteiger partial charge >= 0.3 is 0 Å².